The Morgan fingerprint density at radius 1 is 1.47 bits per heavy atom. The quantitative estimate of drug-likeness (QED) is 0.866. The van der Waals surface area contributed by atoms with Gasteiger partial charge in [-0.3, -0.25) is 4.79 Å². The topological polar surface area (TPSA) is 32.3 Å². The molecule has 0 aromatic heterocycles. The molecule has 1 rings (SSSR count). The molecular formula is C13H19FN2O. The van der Waals surface area contributed by atoms with Gasteiger partial charge in [-0.25, -0.2) is 4.39 Å². The van der Waals surface area contributed by atoms with Crippen LogP contribution in [0.15, 0.2) is 18.2 Å². The molecule has 17 heavy (non-hydrogen) atoms. The molecule has 0 saturated carbocycles. The Kier molecular flexibility index (Phi) is 4.63. The van der Waals surface area contributed by atoms with Crippen LogP contribution < -0.4 is 5.32 Å². The highest BCUT2D eigenvalue weighted by atomic mass is 19.1. The molecule has 1 unspecified atom stereocenters. The lowest BCUT2D eigenvalue weighted by Crippen LogP contribution is -2.41. The van der Waals surface area contributed by atoms with E-state index in [-0.39, 0.29) is 17.8 Å². The fourth-order valence-corrected chi connectivity index (χ4v) is 1.56. The molecule has 0 aliphatic rings. The Hall–Kier alpha value is -1.42. The summed E-state index contributed by atoms with van der Waals surface area (Å²) < 4.78 is 13.1. The molecule has 94 valence electrons. The number of carbonyl (C=O) groups is 1. The first-order chi connectivity index (χ1) is 7.91. The lowest BCUT2D eigenvalue weighted by molar-refractivity contribution is -0.130. The minimum absolute atomic E-state index is 0.0313. The minimum Gasteiger partial charge on any atom is -0.347 e. The Morgan fingerprint density at radius 3 is 2.65 bits per heavy atom. The molecule has 3 nitrogen and oxygen atoms in total. The summed E-state index contributed by atoms with van der Waals surface area (Å²) in [7, 11) is 3.45. The number of rotatable bonds is 4. The minimum atomic E-state index is -0.240. The van der Waals surface area contributed by atoms with E-state index in [9.17, 15) is 9.18 Å². The van der Waals surface area contributed by atoms with Gasteiger partial charge in [0.15, 0.2) is 0 Å². The zero-order valence-corrected chi connectivity index (χ0v) is 10.7. The Bertz CT molecular complexity index is 404. The van der Waals surface area contributed by atoms with Crippen LogP contribution in [0.5, 0.6) is 0 Å². The van der Waals surface area contributed by atoms with Gasteiger partial charge in [-0.15, -0.1) is 0 Å². The number of likely N-dealkylation sites (N-methyl/N-ethyl adjacent to an activating group) is 1. The zero-order chi connectivity index (χ0) is 13.0. The van der Waals surface area contributed by atoms with Crippen molar-refractivity contribution >= 4 is 5.91 Å². The summed E-state index contributed by atoms with van der Waals surface area (Å²) >= 11 is 0. The van der Waals surface area contributed by atoms with E-state index < -0.39 is 0 Å². The molecule has 0 bridgehead atoms. The Morgan fingerprint density at radius 2 is 2.12 bits per heavy atom. The molecule has 0 radical (unpaired) electrons. The average Bonchev–Trinajstić information content (AvgIpc) is 2.29. The number of hydrogen-bond donors (Lipinski definition) is 1. The van der Waals surface area contributed by atoms with Crippen LogP contribution in [0.4, 0.5) is 4.39 Å². The Balaban J connectivity index is 2.56. The molecule has 1 amide bonds. The fourth-order valence-electron chi connectivity index (χ4n) is 1.56. The predicted molar refractivity (Wildman–Crippen MR) is 66.1 cm³/mol. The van der Waals surface area contributed by atoms with Gasteiger partial charge in [-0.05, 0) is 31.0 Å². The number of aryl methyl sites for hydroxylation is 1. The van der Waals surface area contributed by atoms with Crippen molar-refractivity contribution in [3.8, 4) is 0 Å². The zero-order valence-electron chi connectivity index (χ0n) is 10.7. The van der Waals surface area contributed by atoms with Gasteiger partial charge in [0.2, 0.25) is 5.91 Å². The molecule has 0 saturated heterocycles. The van der Waals surface area contributed by atoms with Crippen molar-refractivity contribution < 1.29 is 9.18 Å². The number of halogens is 1. The van der Waals surface area contributed by atoms with Crippen LogP contribution in [0.25, 0.3) is 0 Å². The normalized spacial score (nSPS) is 12.3. The van der Waals surface area contributed by atoms with Gasteiger partial charge < -0.3 is 10.2 Å². The van der Waals surface area contributed by atoms with Gasteiger partial charge in [0.05, 0.1) is 6.04 Å². The number of benzene rings is 1. The molecule has 0 fully saturated rings. The molecule has 4 heteroatoms. The third kappa shape index (κ3) is 3.82. The van der Waals surface area contributed by atoms with E-state index in [1.54, 1.807) is 38.1 Å². The summed E-state index contributed by atoms with van der Waals surface area (Å²) in [5, 5.41) is 3.11. The van der Waals surface area contributed by atoms with Gasteiger partial charge in [-0.1, -0.05) is 12.1 Å². The van der Waals surface area contributed by atoms with Crippen molar-refractivity contribution in [3.63, 3.8) is 0 Å². The van der Waals surface area contributed by atoms with Crippen LogP contribution in [-0.2, 0) is 11.3 Å². The predicted octanol–water partition coefficient (Wildman–Crippen LogP) is 1.70. The summed E-state index contributed by atoms with van der Waals surface area (Å²) in [6.07, 6.45) is 0. The molecular weight excluding hydrogens is 219 g/mol. The van der Waals surface area contributed by atoms with Crippen molar-refractivity contribution in [1.29, 1.82) is 0 Å². The van der Waals surface area contributed by atoms with Crippen LogP contribution >= 0.6 is 0 Å². The molecule has 0 heterocycles. The van der Waals surface area contributed by atoms with E-state index >= 15 is 0 Å². The highest BCUT2D eigenvalue weighted by molar-refractivity contribution is 5.80. The van der Waals surface area contributed by atoms with E-state index in [1.165, 1.54) is 6.07 Å². The van der Waals surface area contributed by atoms with Gasteiger partial charge in [0, 0.05) is 20.6 Å². The highest BCUT2D eigenvalue weighted by Gasteiger charge is 2.13. The lowest BCUT2D eigenvalue weighted by atomic mass is 10.1. The first kappa shape index (κ1) is 13.6. The lowest BCUT2D eigenvalue weighted by Gasteiger charge is -2.18. The largest absolute Gasteiger partial charge is 0.347 e. The van der Waals surface area contributed by atoms with E-state index in [1.807, 2.05) is 6.92 Å². The van der Waals surface area contributed by atoms with E-state index in [0.29, 0.717) is 12.1 Å². The van der Waals surface area contributed by atoms with Crippen LogP contribution in [0.1, 0.15) is 18.1 Å². The van der Waals surface area contributed by atoms with E-state index in [2.05, 4.69) is 5.32 Å². The van der Waals surface area contributed by atoms with Gasteiger partial charge in [0.25, 0.3) is 0 Å². The molecule has 1 N–H and O–H groups in total. The molecule has 1 aromatic carbocycles. The summed E-state index contributed by atoms with van der Waals surface area (Å²) in [5.74, 6) is -0.171. The standard InChI is InChI=1S/C13H19FN2O/c1-9-7-11(5-6-12(9)14)8-15-10(2)13(17)16(3)4/h5-7,10,15H,8H2,1-4H3. The second kappa shape index (κ2) is 5.77. The van der Waals surface area contributed by atoms with Crippen LogP contribution in [0.3, 0.4) is 0 Å². The van der Waals surface area contributed by atoms with Crippen molar-refractivity contribution in [1.82, 2.24) is 10.2 Å². The van der Waals surface area contributed by atoms with Crippen molar-refractivity contribution in [3.05, 3.63) is 35.1 Å². The third-order valence-electron chi connectivity index (χ3n) is 2.65. The summed E-state index contributed by atoms with van der Waals surface area (Å²) in [4.78, 5) is 13.1. The fraction of sp³-hybridized carbons (Fsp3) is 0.462. The second-order valence-corrected chi connectivity index (χ2v) is 4.42. The maximum absolute atomic E-state index is 13.1. The second-order valence-electron chi connectivity index (χ2n) is 4.42. The number of hydrogen-bond acceptors (Lipinski definition) is 2. The van der Waals surface area contributed by atoms with Crippen molar-refractivity contribution in [2.45, 2.75) is 26.4 Å². The van der Waals surface area contributed by atoms with Crippen LogP contribution in [0.2, 0.25) is 0 Å². The SMILES string of the molecule is Cc1cc(CNC(C)C(=O)N(C)C)ccc1F. The van der Waals surface area contributed by atoms with Crippen molar-refractivity contribution in [2.75, 3.05) is 14.1 Å². The van der Waals surface area contributed by atoms with Gasteiger partial charge in [0.1, 0.15) is 5.82 Å². The summed E-state index contributed by atoms with van der Waals surface area (Å²) in [5.41, 5.74) is 1.60. The van der Waals surface area contributed by atoms with E-state index in [4.69, 9.17) is 0 Å². The molecule has 1 aromatic rings. The smallest absolute Gasteiger partial charge is 0.238 e. The summed E-state index contributed by atoms with van der Waals surface area (Å²) in [6.45, 7) is 4.10. The van der Waals surface area contributed by atoms with Gasteiger partial charge in [-0.2, -0.15) is 0 Å². The molecule has 0 aliphatic carbocycles. The summed E-state index contributed by atoms with van der Waals surface area (Å²) in [6, 6.07) is 4.72. The third-order valence-corrected chi connectivity index (χ3v) is 2.65. The van der Waals surface area contributed by atoms with Crippen LogP contribution in [-0.4, -0.2) is 30.9 Å². The van der Waals surface area contributed by atoms with Crippen molar-refractivity contribution in [2.24, 2.45) is 0 Å². The number of amides is 1. The molecule has 1 atom stereocenters. The first-order valence-electron chi connectivity index (χ1n) is 5.61. The maximum atomic E-state index is 13.1. The number of carbonyl (C=O) groups excluding carboxylic acids is 1. The first-order valence-corrected chi connectivity index (χ1v) is 5.61. The maximum Gasteiger partial charge on any atom is 0.238 e. The van der Waals surface area contributed by atoms with Crippen LogP contribution in [0, 0.1) is 12.7 Å². The van der Waals surface area contributed by atoms with E-state index in [0.717, 1.165) is 5.56 Å². The number of nitrogens with zero attached hydrogens (tertiary/aromatic N) is 1. The number of nitrogens with one attached hydrogen (secondary N) is 1. The average molecular weight is 238 g/mol. The Labute approximate surface area is 102 Å². The van der Waals surface area contributed by atoms with Gasteiger partial charge >= 0.3 is 0 Å². The highest BCUT2D eigenvalue weighted by Crippen LogP contribution is 2.09. The molecule has 0 aliphatic heterocycles. The molecule has 0 spiro atoms. The monoisotopic (exact) mass is 238 g/mol.